The summed E-state index contributed by atoms with van der Waals surface area (Å²) in [4.78, 5) is 8.27. The lowest BCUT2D eigenvalue weighted by Crippen LogP contribution is -2.12. The third-order valence-corrected chi connectivity index (χ3v) is 1.62. The summed E-state index contributed by atoms with van der Waals surface area (Å²) in [6.07, 6.45) is 0. The predicted octanol–water partition coefficient (Wildman–Crippen LogP) is 0.697. The molecule has 0 saturated heterocycles. The first kappa shape index (κ1) is 11.7. The Bertz CT molecular complexity index is 306. The normalized spacial score (nSPS) is 10.1. The minimum Gasteiger partial charge on any atom is -0.478 e. The highest BCUT2D eigenvalue weighted by molar-refractivity contribution is 5.36. The molecule has 0 aliphatic rings. The van der Waals surface area contributed by atoms with Crippen molar-refractivity contribution in [2.75, 3.05) is 18.6 Å². The zero-order valence-corrected chi connectivity index (χ0v) is 8.99. The molecule has 0 aliphatic heterocycles. The molecule has 1 rings (SSSR count). The maximum Gasteiger partial charge on any atom is 0.218 e. The van der Waals surface area contributed by atoms with E-state index in [1.54, 1.807) is 6.07 Å². The molecule has 84 valence electrons. The van der Waals surface area contributed by atoms with Gasteiger partial charge in [-0.1, -0.05) is 0 Å². The van der Waals surface area contributed by atoms with Crippen LogP contribution in [-0.2, 0) is 11.3 Å². The fourth-order valence-corrected chi connectivity index (χ4v) is 1.03. The number of hydrazine groups is 1. The van der Waals surface area contributed by atoms with E-state index in [-0.39, 0.29) is 0 Å². The van der Waals surface area contributed by atoms with Crippen LogP contribution in [0.2, 0.25) is 0 Å². The minimum atomic E-state index is 0.353. The monoisotopic (exact) mass is 212 g/mol. The molecule has 0 atom stereocenters. The first-order chi connectivity index (χ1) is 7.30. The molecule has 1 heterocycles. The minimum absolute atomic E-state index is 0.353. The molecule has 0 fully saturated rings. The highest BCUT2D eigenvalue weighted by atomic mass is 16.5. The van der Waals surface area contributed by atoms with E-state index < -0.39 is 0 Å². The van der Waals surface area contributed by atoms with Crippen LogP contribution in [0.1, 0.15) is 19.7 Å². The summed E-state index contributed by atoms with van der Waals surface area (Å²) in [6.45, 7) is 5.32. The number of anilines is 1. The lowest BCUT2D eigenvalue weighted by molar-refractivity contribution is 0.127. The first-order valence-corrected chi connectivity index (χ1v) is 4.85. The SMILES string of the molecule is CCOCc1nc(NN)cc(OCC)n1. The van der Waals surface area contributed by atoms with E-state index >= 15 is 0 Å². The molecule has 0 bridgehead atoms. The average molecular weight is 212 g/mol. The molecule has 1 aromatic heterocycles. The molecular weight excluding hydrogens is 196 g/mol. The fraction of sp³-hybridized carbons (Fsp3) is 0.556. The topological polar surface area (TPSA) is 82.3 Å². The van der Waals surface area contributed by atoms with Gasteiger partial charge < -0.3 is 14.9 Å². The van der Waals surface area contributed by atoms with Crippen LogP contribution in [0.3, 0.4) is 0 Å². The zero-order valence-electron chi connectivity index (χ0n) is 8.99. The molecule has 0 radical (unpaired) electrons. The van der Waals surface area contributed by atoms with E-state index in [2.05, 4.69) is 15.4 Å². The van der Waals surface area contributed by atoms with Gasteiger partial charge in [-0.2, -0.15) is 4.98 Å². The number of nitrogens with two attached hydrogens (primary N) is 1. The van der Waals surface area contributed by atoms with Crippen molar-refractivity contribution in [1.82, 2.24) is 9.97 Å². The molecule has 6 nitrogen and oxygen atoms in total. The summed E-state index contributed by atoms with van der Waals surface area (Å²) in [5.74, 6) is 6.84. The molecule has 0 unspecified atom stereocenters. The van der Waals surface area contributed by atoms with Gasteiger partial charge in [-0.05, 0) is 13.8 Å². The largest absolute Gasteiger partial charge is 0.478 e. The Morgan fingerprint density at radius 3 is 2.73 bits per heavy atom. The van der Waals surface area contributed by atoms with Gasteiger partial charge in [0.15, 0.2) is 5.82 Å². The van der Waals surface area contributed by atoms with Crippen molar-refractivity contribution in [3.8, 4) is 5.88 Å². The van der Waals surface area contributed by atoms with E-state index in [0.717, 1.165) is 0 Å². The van der Waals surface area contributed by atoms with E-state index in [4.69, 9.17) is 15.3 Å². The Hall–Kier alpha value is -1.40. The summed E-state index contributed by atoms with van der Waals surface area (Å²) in [5, 5.41) is 0. The van der Waals surface area contributed by atoms with Gasteiger partial charge in [0.1, 0.15) is 12.4 Å². The van der Waals surface area contributed by atoms with Crippen LogP contribution in [0.5, 0.6) is 5.88 Å². The quantitative estimate of drug-likeness (QED) is 0.533. The molecule has 0 amide bonds. The van der Waals surface area contributed by atoms with Gasteiger partial charge in [0.2, 0.25) is 5.88 Å². The number of nitrogens with one attached hydrogen (secondary N) is 1. The van der Waals surface area contributed by atoms with Crippen LogP contribution in [0.25, 0.3) is 0 Å². The van der Waals surface area contributed by atoms with Gasteiger partial charge in [-0.25, -0.2) is 10.8 Å². The molecule has 15 heavy (non-hydrogen) atoms. The van der Waals surface area contributed by atoms with E-state index in [1.807, 2.05) is 13.8 Å². The second-order valence-corrected chi connectivity index (χ2v) is 2.72. The van der Waals surface area contributed by atoms with Crippen LogP contribution in [0.15, 0.2) is 6.07 Å². The van der Waals surface area contributed by atoms with Gasteiger partial charge in [-0.3, -0.25) is 0 Å². The van der Waals surface area contributed by atoms with Gasteiger partial charge >= 0.3 is 0 Å². The molecular formula is C9H16N4O2. The van der Waals surface area contributed by atoms with Crippen LogP contribution < -0.4 is 16.0 Å². The summed E-state index contributed by atoms with van der Waals surface area (Å²) in [5.41, 5.74) is 2.46. The van der Waals surface area contributed by atoms with Crippen LogP contribution in [0, 0.1) is 0 Å². The van der Waals surface area contributed by atoms with Gasteiger partial charge in [0.05, 0.1) is 6.61 Å². The number of rotatable bonds is 6. The number of nitrogens with zero attached hydrogens (tertiary/aromatic N) is 2. The average Bonchev–Trinajstić information content (AvgIpc) is 2.26. The molecule has 1 aromatic rings. The van der Waals surface area contributed by atoms with Crippen molar-refractivity contribution in [1.29, 1.82) is 0 Å². The van der Waals surface area contributed by atoms with Crippen LogP contribution in [-0.4, -0.2) is 23.2 Å². The molecule has 6 heteroatoms. The fourth-order valence-electron chi connectivity index (χ4n) is 1.03. The third kappa shape index (κ3) is 3.69. The summed E-state index contributed by atoms with van der Waals surface area (Å²) in [6, 6.07) is 1.64. The second kappa shape index (κ2) is 6.15. The summed E-state index contributed by atoms with van der Waals surface area (Å²) >= 11 is 0. The van der Waals surface area contributed by atoms with Crippen LogP contribution in [0.4, 0.5) is 5.82 Å². The lowest BCUT2D eigenvalue weighted by Gasteiger charge is -2.07. The van der Waals surface area contributed by atoms with Crippen molar-refractivity contribution in [2.24, 2.45) is 5.84 Å². The molecule has 0 spiro atoms. The summed E-state index contributed by atoms with van der Waals surface area (Å²) < 4.78 is 10.5. The summed E-state index contributed by atoms with van der Waals surface area (Å²) in [7, 11) is 0. The van der Waals surface area contributed by atoms with Gasteiger partial charge in [-0.15, -0.1) is 0 Å². The van der Waals surface area contributed by atoms with Crippen molar-refractivity contribution < 1.29 is 9.47 Å². The van der Waals surface area contributed by atoms with Crippen LogP contribution >= 0.6 is 0 Å². The second-order valence-electron chi connectivity index (χ2n) is 2.72. The lowest BCUT2D eigenvalue weighted by atomic mass is 10.5. The van der Waals surface area contributed by atoms with Crippen molar-refractivity contribution in [3.63, 3.8) is 0 Å². The van der Waals surface area contributed by atoms with E-state index in [1.165, 1.54) is 0 Å². The highest BCUT2D eigenvalue weighted by Crippen LogP contribution is 2.13. The highest BCUT2D eigenvalue weighted by Gasteiger charge is 2.04. The number of hydrogen-bond donors (Lipinski definition) is 2. The Kier molecular flexibility index (Phi) is 4.79. The molecule has 0 aliphatic carbocycles. The maximum absolute atomic E-state index is 5.28. The Morgan fingerprint density at radius 2 is 2.13 bits per heavy atom. The van der Waals surface area contributed by atoms with Gasteiger partial charge in [0, 0.05) is 12.7 Å². The first-order valence-electron chi connectivity index (χ1n) is 4.85. The van der Waals surface area contributed by atoms with Crippen molar-refractivity contribution >= 4 is 5.82 Å². The Balaban J connectivity index is 2.79. The zero-order chi connectivity index (χ0) is 11.1. The third-order valence-electron chi connectivity index (χ3n) is 1.62. The predicted molar refractivity (Wildman–Crippen MR) is 56.3 cm³/mol. The number of aromatic nitrogens is 2. The van der Waals surface area contributed by atoms with E-state index in [9.17, 15) is 0 Å². The molecule has 3 N–H and O–H groups in total. The van der Waals surface area contributed by atoms with Crippen molar-refractivity contribution in [3.05, 3.63) is 11.9 Å². The Labute approximate surface area is 88.8 Å². The maximum atomic E-state index is 5.28. The van der Waals surface area contributed by atoms with E-state index in [0.29, 0.717) is 37.3 Å². The smallest absolute Gasteiger partial charge is 0.218 e. The van der Waals surface area contributed by atoms with Crippen molar-refractivity contribution in [2.45, 2.75) is 20.5 Å². The number of nitrogen functional groups attached to an aromatic ring is 1. The van der Waals surface area contributed by atoms with Gasteiger partial charge in [0.25, 0.3) is 0 Å². The Morgan fingerprint density at radius 1 is 1.33 bits per heavy atom. The standard InChI is InChI=1S/C9H16N4O2/c1-3-14-6-8-11-7(13-10)5-9(12-8)15-4-2/h5H,3-4,6,10H2,1-2H3,(H,11,12,13). The number of ether oxygens (including phenoxy) is 2. The number of hydrogen-bond acceptors (Lipinski definition) is 6. The molecule has 0 aromatic carbocycles. The molecule has 0 saturated carbocycles.